The summed E-state index contributed by atoms with van der Waals surface area (Å²) < 4.78 is 3.29. The molecule has 6 nitrogen and oxygen atoms in total. The lowest BCUT2D eigenvalue weighted by molar-refractivity contribution is -0.137. The Balaban J connectivity index is 2.41. The van der Waals surface area contributed by atoms with Gasteiger partial charge in [-0.2, -0.15) is 0 Å². The van der Waals surface area contributed by atoms with E-state index in [2.05, 4.69) is 47.4 Å². The van der Waals surface area contributed by atoms with Gasteiger partial charge in [0.1, 0.15) is 0 Å². The molecule has 0 saturated carbocycles. The molecule has 0 saturated heterocycles. The topological polar surface area (TPSA) is 80.9 Å². The van der Waals surface area contributed by atoms with E-state index in [9.17, 15) is 4.79 Å². The van der Waals surface area contributed by atoms with Crippen molar-refractivity contribution >= 4 is 37.8 Å². The van der Waals surface area contributed by atoms with Crippen LogP contribution >= 0.6 is 31.9 Å². The molecular weight excluding hydrogens is 380 g/mol. The molecule has 2 aromatic rings. The summed E-state index contributed by atoms with van der Waals surface area (Å²) in [5.41, 5.74) is 0.809. The Kier molecular flexibility index (Phi) is 4.31. The third kappa shape index (κ3) is 3.38. The van der Waals surface area contributed by atoms with Crippen molar-refractivity contribution in [3.63, 3.8) is 0 Å². The first kappa shape index (κ1) is 14.1. The van der Waals surface area contributed by atoms with Crippen LogP contribution in [0.15, 0.2) is 27.1 Å². The lowest BCUT2D eigenvalue weighted by atomic mass is 10.2. The molecule has 1 heterocycles. The lowest BCUT2D eigenvalue weighted by Crippen LogP contribution is -2.13. The van der Waals surface area contributed by atoms with Gasteiger partial charge >= 0.3 is 5.97 Å². The molecule has 19 heavy (non-hydrogen) atoms. The van der Waals surface area contributed by atoms with E-state index in [1.54, 1.807) is 6.92 Å². The molecule has 1 N–H and O–H groups in total. The average Bonchev–Trinajstić information content (AvgIpc) is 2.75. The van der Waals surface area contributed by atoms with Gasteiger partial charge in [-0.15, -0.1) is 5.10 Å². The predicted octanol–water partition coefficient (Wildman–Crippen LogP) is 2.90. The van der Waals surface area contributed by atoms with E-state index in [4.69, 9.17) is 5.11 Å². The predicted molar refractivity (Wildman–Crippen MR) is 75.6 cm³/mol. The van der Waals surface area contributed by atoms with Crippen LogP contribution in [0.4, 0.5) is 0 Å². The summed E-state index contributed by atoms with van der Waals surface area (Å²) in [6, 6.07) is 5.33. The summed E-state index contributed by atoms with van der Waals surface area (Å²) in [5.74, 6) is -0.347. The van der Waals surface area contributed by atoms with Crippen molar-refractivity contribution in [2.45, 2.75) is 19.4 Å². The molecule has 2 rings (SSSR count). The average molecular weight is 390 g/mol. The highest BCUT2D eigenvalue weighted by Gasteiger charge is 2.17. The molecule has 1 aromatic carbocycles. The van der Waals surface area contributed by atoms with Gasteiger partial charge in [0.15, 0.2) is 5.82 Å². The number of tetrazole rings is 1. The zero-order valence-electron chi connectivity index (χ0n) is 9.92. The first-order valence-corrected chi connectivity index (χ1v) is 7.02. The smallest absolute Gasteiger partial charge is 0.305 e. The van der Waals surface area contributed by atoms with E-state index < -0.39 is 5.97 Å². The molecule has 0 bridgehead atoms. The molecule has 0 aliphatic carbocycles. The number of hydrogen-bond donors (Lipinski definition) is 1. The van der Waals surface area contributed by atoms with Crippen LogP contribution in [0.25, 0.3) is 11.4 Å². The number of benzene rings is 1. The van der Waals surface area contributed by atoms with E-state index in [0.717, 1.165) is 14.5 Å². The number of carboxylic acid groups (broad SMARTS) is 1. The Bertz CT molecular complexity index is 594. The maximum atomic E-state index is 10.8. The third-order valence-corrected chi connectivity index (χ3v) is 3.42. The highest BCUT2D eigenvalue weighted by molar-refractivity contribution is 9.11. The number of aromatic nitrogens is 4. The summed E-state index contributed by atoms with van der Waals surface area (Å²) in [5, 5.41) is 20.3. The third-order valence-electron chi connectivity index (χ3n) is 2.50. The molecule has 0 spiro atoms. The van der Waals surface area contributed by atoms with Gasteiger partial charge in [-0.25, -0.2) is 4.68 Å². The Morgan fingerprint density at radius 1 is 1.37 bits per heavy atom. The summed E-state index contributed by atoms with van der Waals surface area (Å²) in [4.78, 5) is 10.8. The number of rotatable bonds is 4. The minimum absolute atomic E-state index is 0.0345. The minimum atomic E-state index is -0.885. The lowest BCUT2D eigenvalue weighted by Gasteiger charge is -2.11. The second-order valence-electron chi connectivity index (χ2n) is 4.05. The quantitative estimate of drug-likeness (QED) is 0.869. The van der Waals surface area contributed by atoms with Crippen molar-refractivity contribution in [3.05, 3.63) is 27.1 Å². The van der Waals surface area contributed by atoms with E-state index in [1.165, 1.54) is 4.68 Å². The fourth-order valence-corrected chi connectivity index (χ4v) is 3.00. The molecule has 100 valence electrons. The number of carbonyl (C=O) groups is 1. The van der Waals surface area contributed by atoms with E-state index in [0.29, 0.717) is 5.82 Å². The second kappa shape index (κ2) is 5.79. The van der Waals surface area contributed by atoms with Crippen molar-refractivity contribution in [3.8, 4) is 11.4 Å². The highest BCUT2D eigenvalue weighted by atomic mass is 79.9. The molecule has 0 fully saturated rings. The molecule has 1 aromatic heterocycles. The number of nitrogens with zero attached hydrogens (tertiary/aromatic N) is 4. The fraction of sp³-hybridized carbons (Fsp3) is 0.273. The summed E-state index contributed by atoms with van der Waals surface area (Å²) in [6.45, 7) is 1.76. The number of carboxylic acids is 1. The summed E-state index contributed by atoms with van der Waals surface area (Å²) in [7, 11) is 0. The maximum absolute atomic E-state index is 10.8. The molecule has 0 aliphatic rings. The first-order valence-electron chi connectivity index (χ1n) is 5.43. The van der Waals surface area contributed by atoms with Crippen LogP contribution in [0, 0.1) is 0 Å². The van der Waals surface area contributed by atoms with Gasteiger partial charge in [-0.3, -0.25) is 4.79 Å². The molecule has 0 radical (unpaired) electrons. The normalized spacial score (nSPS) is 12.4. The Labute approximate surface area is 126 Å². The van der Waals surface area contributed by atoms with Crippen LogP contribution in [0.3, 0.4) is 0 Å². The van der Waals surface area contributed by atoms with Crippen molar-refractivity contribution in [2.75, 3.05) is 0 Å². The van der Waals surface area contributed by atoms with Crippen LogP contribution in [-0.2, 0) is 4.79 Å². The van der Waals surface area contributed by atoms with E-state index >= 15 is 0 Å². The Hall–Kier alpha value is -1.28. The number of halogens is 2. The second-order valence-corrected chi connectivity index (χ2v) is 5.88. The summed E-state index contributed by atoms with van der Waals surface area (Å²) >= 11 is 6.80. The van der Waals surface area contributed by atoms with Crippen LogP contribution in [0.5, 0.6) is 0 Å². The van der Waals surface area contributed by atoms with Crippen molar-refractivity contribution in [1.82, 2.24) is 20.2 Å². The fourth-order valence-electron chi connectivity index (χ4n) is 1.70. The minimum Gasteiger partial charge on any atom is -0.481 e. The highest BCUT2D eigenvalue weighted by Crippen LogP contribution is 2.27. The Morgan fingerprint density at radius 3 is 2.58 bits per heavy atom. The van der Waals surface area contributed by atoms with Crippen LogP contribution in [-0.4, -0.2) is 31.3 Å². The van der Waals surface area contributed by atoms with Gasteiger partial charge in [0.05, 0.1) is 12.5 Å². The van der Waals surface area contributed by atoms with E-state index in [-0.39, 0.29) is 12.5 Å². The van der Waals surface area contributed by atoms with Crippen LogP contribution < -0.4 is 0 Å². The first-order chi connectivity index (χ1) is 8.97. The molecule has 1 unspecified atom stereocenters. The van der Waals surface area contributed by atoms with Crippen LogP contribution in [0.1, 0.15) is 19.4 Å². The van der Waals surface area contributed by atoms with Crippen molar-refractivity contribution in [2.24, 2.45) is 0 Å². The number of hydrogen-bond acceptors (Lipinski definition) is 4. The standard InChI is InChI=1S/C11H10Br2N4O2/c1-6(2-10(18)19)17-11(14-15-16-17)7-3-8(12)5-9(13)4-7/h3-6H,2H2,1H3,(H,18,19). The van der Waals surface area contributed by atoms with Gasteiger partial charge in [-0.05, 0) is 35.5 Å². The van der Waals surface area contributed by atoms with E-state index in [1.807, 2.05) is 18.2 Å². The molecule has 0 amide bonds. The molecule has 8 heteroatoms. The summed E-state index contributed by atoms with van der Waals surface area (Å²) in [6.07, 6.45) is -0.0345. The monoisotopic (exact) mass is 388 g/mol. The van der Waals surface area contributed by atoms with Crippen molar-refractivity contribution in [1.29, 1.82) is 0 Å². The van der Waals surface area contributed by atoms with Gasteiger partial charge in [0.2, 0.25) is 0 Å². The zero-order valence-corrected chi connectivity index (χ0v) is 13.1. The zero-order chi connectivity index (χ0) is 14.0. The molecular formula is C11H10Br2N4O2. The van der Waals surface area contributed by atoms with Gasteiger partial charge < -0.3 is 5.11 Å². The maximum Gasteiger partial charge on any atom is 0.305 e. The van der Waals surface area contributed by atoms with Crippen molar-refractivity contribution < 1.29 is 9.90 Å². The molecule has 0 aliphatic heterocycles. The van der Waals surface area contributed by atoms with Crippen LogP contribution in [0.2, 0.25) is 0 Å². The van der Waals surface area contributed by atoms with Gasteiger partial charge in [0, 0.05) is 14.5 Å². The molecule has 1 atom stereocenters. The largest absolute Gasteiger partial charge is 0.481 e. The SMILES string of the molecule is CC(CC(=O)O)n1nnnc1-c1cc(Br)cc(Br)c1. The van der Waals surface area contributed by atoms with Gasteiger partial charge in [0.25, 0.3) is 0 Å². The Morgan fingerprint density at radius 2 is 2.00 bits per heavy atom. The number of aliphatic carboxylic acids is 1. The van der Waals surface area contributed by atoms with Gasteiger partial charge in [-0.1, -0.05) is 31.9 Å².